The van der Waals surface area contributed by atoms with Crippen molar-refractivity contribution in [3.8, 4) is 0 Å². The summed E-state index contributed by atoms with van der Waals surface area (Å²) in [6, 6.07) is 14.3. The summed E-state index contributed by atoms with van der Waals surface area (Å²) in [5, 5.41) is 16.1. The molecule has 1 aliphatic heterocycles. The summed E-state index contributed by atoms with van der Waals surface area (Å²) in [6.45, 7) is 18.4. The Morgan fingerprint density at radius 3 is 1.09 bits per heavy atom. The van der Waals surface area contributed by atoms with Gasteiger partial charge in [-0.2, -0.15) is 0 Å². The largest absolute Gasteiger partial charge is 0.493 e. The van der Waals surface area contributed by atoms with Crippen molar-refractivity contribution in [1.82, 2.24) is 0 Å². The Morgan fingerprint density at radius 2 is 0.759 bits per heavy atom. The molecular weight excluding hydrogens is 707 g/mol. The van der Waals surface area contributed by atoms with Gasteiger partial charge in [-0.3, -0.25) is 0 Å². The Morgan fingerprint density at radius 1 is 0.426 bits per heavy atom. The number of hydrogen-bond acceptors (Lipinski definition) is 2. The molecule has 0 spiro atoms. The van der Waals surface area contributed by atoms with Crippen molar-refractivity contribution in [3.63, 3.8) is 0 Å². The molecule has 0 aromatic heterocycles. The van der Waals surface area contributed by atoms with Gasteiger partial charge in [0.2, 0.25) is 11.4 Å². The predicted octanol–water partition coefficient (Wildman–Crippen LogP) is 14.6. The van der Waals surface area contributed by atoms with Gasteiger partial charge in [-0.1, -0.05) is 131 Å². The van der Waals surface area contributed by atoms with Crippen LogP contribution < -0.4 is 0 Å². The Labute approximate surface area is 344 Å². The zero-order valence-corrected chi connectivity index (χ0v) is 37.2. The maximum absolute atomic E-state index is 12.2. The minimum atomic E-state index is 0. The molecule has 0 unspecified atom stereocenters. The summed E-state index contributed by atoms with van der Waals surface area (Å²) in [6.07, 6.45) is 26.8. The van der Waals surface area contributed by atoms with Crippen LogP contribution in [0.4, 0.5) is 0 Å². The zero-order chi connectivity index (χ0) is 39.3. The minimum Gasteiger partial charge on any atom is -0.493 e. The Balaban J connectivity index is 0.00000225. The summed E-state index contributed by atoms with van der Waals surface area (Å²) in [7, 11) is 0. The van der Waals surface area contributed by atoms with Crippen molar-refractivity contribution in [3.05, 3.63) is 86.5 Å². The molecule has 1 heterocycles. The standard InChI is InChI=1S/C41H62N2.2C4H10O.Ni/c1-7-12-17-18-19-20-25-39-32(6)40(37-28-33(21-13-8-2)26-34(29-37)22-14-9-3)43(42)41(39)38-30-35(23-15-10-4)27-36(31-38)24-16-11-5;2*1-2-3-4-5;/h26-31H,7-25H2,1-6H3;2*5H,2-4H2,1H3;. The van der Waals surface area contributed by atoms with Crippen LogP contribution in [0.1, 0.15) is 211 Å². The second kappa shape index (κ2) is 33.1. The molecule has 0 aliphatic carbocycles. The Bertz CT molecular complexity index is 1280. The number of allylic oxidation sites excluding steroid dienone is 2. The first-order chi connectivity index (χ1) is 25.8. The number of unbranched alkanes of at least 4 members (excludes halogenated alkanes) is 11. The Hall–Kier alpha value is -2.07. The second-order valence-electron chi connectivity index (χ2n) is 15.3. The fraction of sp³-hybridized carbons (Fsp3) is 0.673. The average Bonchev–Trinajstić information content (AvgIpc) is 3.41. The summed E-state index contributed by atoms with van der Waals surface area (Å²) < 4.78 is 1.59. The first kappa shape index (κ1) is 51.9. The van der Waals surface area contributed by atoms with E-state index in [9.17, 15) is 5.53 Å². The molecule has 4 nitrogen and oxygen atoms in total. The maximum Gasteiger partial charge on any atom is 0.211 e. The van der Waals surface area contributed by atoms with Gasteiger partial charge in [-0.15, -0.1) is 0 Å². The van der Waals surface area contributed by atoms with Gasteiger partial charge in [0.25, 0.3) is 0 Å². The molecule has 54 heavy (non-hydrogen) atoms. The van der Waals surface area contributed by atoms with E-state index in [1.807, 2.05) is 0 Å². The molecule has 0 atom stereocenters. The number of aliphatic hydroxyl groups is 2. The van der Waals surface area contributed by atoms with Crippen LogP contribution in [0, 0.1) is 0 Å². The van der Waals surface area contributed by atoms with E-state index in [4.69, 9.17) is 10.2 Å². The predicted molar refractivity (Wildman–Crippen MR) is 232 cm³/mol. The molecule has 1 aliphatic rings. The van der Waals surface area contributed by atoms with Crippen LogP contribution in [0.25, 0.3) is 16.9 Å². The van der Waals surface area contributed by atoms with Crippen molar-refractivity contribution < 1.29 is 31.4 Å². The molecule has 0 fully saturated rings. The van der Waals surface area contributed by atoms with Gasteiger partial charge in [-0.05, 0) is 130 Å². The molecular formula is C49H82N2NiO2. The zero-order valence-electron chi connectivity index (χ0n) is 36.2. The fourth-order valence-electron chi connectivity index (χ4n) is 6.96. The number of nitrogens with zero attached hydrogens (tertiary/aromatic N) is 2. The fourth-order valence-corrected chi connectivity index (χ4v) is 6.96. The van der Waals surface area contributed by atoms with Gasteiger partial charge in [0, 0.05) is 52.0 Å². The summed E-state index contributed by atoms with van der Waals surface area (Å²) in [4.78, 5) is 0. The van der Waals surface area contributed by atoms with E-state index in [2.05, 4.69) is 91.8 Å². The van der Waals surface area contributed by atoms with Gasteiger partial charge in [-0.25, -0.2) is 4.70 Å². The van der Waals surface area contributed by atoms with E-state index in [0.717, 1.165) is 69.2 Å². The molecule has 5 heteroatoms. The van der Waals surface area contributed by atoms with Crippen LogP contribution in [0.5, 0.6) is 0 Å². The SMILES string of the molecule is CCCCCCCCC1=C(c2cc(CCCC)cc(CCCC)c2)[N+](=[N-])C(c2cc(CCCC)cc(CCCC)c2)=C1C.CCCCO.CCCCO.[Ni]. The molecule has 0 radical (unpaired) electrons. The average molecular weight is 790 g/mol. The van der Waals surface area contributed by atoms with Crippen molar-refractivity contribution in [2.24, 2.45) is 0 Å². The van der Waals surface area contributed by atoms with E-state index in [1.54, 1.807) is 4.70 Å². The van der Waals surface area contributed by atoms with Crippen molar-refractivity contribution in [1.29, 1.82) is 0 Å². The van der Waals surface area contributed by atoms with Crippen LogP contribution >= 0.6 is 0 Å². The van der Waals surface area contributed by atoms with Gasteiger partial charge in [0.1, 0.15) is 0 Å². The molecule has 0 bridgehead atoms. The summed E-state index contributed by atoms with van der Waals surface area (Å²) in [5.74, 6) is 0. The van der Waals surface area contributed by atoms with Gasteiger partial charge >= 0.3 is 0 Å². The molecule has 0 saturated carbocycles. The van der Waals surface area contributed by atoms with Crippen LogP contribution in [-0.2, 0) is 42.2 Å². The first-order valence-corrected chi connectivity index (χ1v) is 22.2. The van der Waals surface area contributed by atoms with E-state index in [0.29, 0.717) is 13.2 Å². The Kier molecular flexibility index (Phi) is 31.8. The van der Waals surface area contributed by atoms with Crippen LogP contribution in [0.15, 0.2) is 47.5 Å². The molecule has 2 aromatic rings. The monoisotopic (exact) mass is 789 g/mol. The van der Waals surface area contributed by atoms with Gasteiger partial charge in [0.15, 0.2) is 0 Å². The number of aryl methyl sites for hydroxylation is 4. The second-order valence-corrected chi connectivity index (χ2v) is 15.3. The van der Waals surface area contributed by atoms with E-state index >= 15 is 0 Å². The number of benzene rings is 2. The van der Waals surface area contributed by atoms with Crippen molar-refractivity contribution in [2.75, 3.05) is 13.2 Å². The minimum absolute atomic E-state index is 0. The third-order valence-electron chi connectivity index (χ3n) is 10.2. The van der Waals surface area contributed by atoms with Crippen molar-refractivity contribution in [2.45, 2.75) is 203 Å². The molecule has 0 amide bonds. The van der Waals surface area contributed by atoms with E-state index in [-0.39, 0.29) is 16.5 Å². The first-order valence-electron chi connectivity index (χ1n) is 22.2. The van der Waals surface area contributed by atoms with E-state index in [1.165, 1.54) is 134 Å². The third kappa shape index (κ3) is 19.7. The molecule has 3 rings (SSSR count). The maximum atomic E-state index is 12.2. The smallest absolute Gasteiger partial charge is 0.211 e. The number of hydrogen-bond donors (Lipinski definition) is 2. The molecule has 310 valence electrons. The van der Waals surface area contributed by atoms with Crippen LogP contribution in [-0.4, -0.2) is 28.1 Å². The number of aliphatic hydroxyl groups excluding tert-OH is 2. The topological polar surface area (TPSA) is 65.8 Å². The number of rotatable bonds is 25. The van der Waals surface area contributed by atoms with Gasteiger partial charge in [0.05, 0.1) is 0 Å². The van der Waals surface area contributed by atoms with Crippen LogP contribution in [0.2, 0.25) is 0 Å². The van der Waals surface area contributed by atoms with Gasteiger partial charge < -0.3 is 15.7 Å². The van der Waals surface area contributed by atoms with Crippen LogP contribution in [0.3, 0.4) is 0 Å². The molecule has 2 aromatic carbocycles. The normalized spacial score (nSPS) is 12.4. The third-order valence-corrected chi connectivity index (χ3v) is 10.2. The quantitative estimate of drug-likeness (QED) is 0.0598. The van der Waals surface area contributed by atoms with Crippen molar-refractivity contribution >= 4 is 11.4 Å². The summed E-state index contributed by atoms with van der Waals surface area (Å²) >= 11 is 0. The van der Waals surface area contributed by atoms with E-state index < -0.39 is 0 Å². The molecule has 0 saturated heterocycles. The molecule has 2 N–H and O–H groups in total. The summed E-state index contributed by atoms with van der Waals surface area (Å²) in [5.41, 5.74) is 24.8.